The van der Waals surface area contributed by atoms with Crippen molar-refractivity contribution in [2.24, 2.45) is 0 Å². The molecule has 2 aromatic carbocycles. The Hall–Kier alpha value is -1.02. The molecule has 3 rings (SSSR count). The Morgan fingerprint density at radius 1 is 1.05 bits per heavy atom. The molecule has 98 valence electrons. The Labute approximate surface area is 123 Å². The lowest BCUT2D eigenvalue weighted by molar-refractivity contribution is 0.530. The number of benzene rings is 2. The van der Waals surface area contributed by atoms with Crippen LogP contribution in [0.25, 0.3) is 0 Å². The second kappa shape index (κ2) is 5.54. The summed E-state index contributed by atoms with van der Waals surface area (Å²) in [7, 11) is 0. The average molecular weight is 292 g/mol. The summed E-state index contributed by atoms with van der Waals surface area (Å²) in [6.45, 7) is 0.841. The maximum Gasteiger partial charge on any atom is 0.0409 e. The zero-order chi connectivity index (χ0) is 13.2. The van der Waals surface area contributed by atoms with Gasteiger partial charge in [-0.05, 0) is 53.8 Å². The molecule has 0 aliphatic heterocycles. The number of fused-ring (bicyclic) bond motifs is 1. The highest BCUT2D eigenvalue weighted by Crippen LogP contribution is 2.33. The number of aryl methyl sites for hydroxylation is 1. The Morgan fingerprint density at radius 2 is 1.89 bits per heavy atom. The van der Waals surface area contributed by atoms with Crippen LogP contribution in [-0.4, -0.2) is 0 Å². The van der Waals surface area contributed by atoms with E-state index >= 15 is 0 Å². The maximum atomic E-state index is 6.03. The van der Waals surface area contributed by atoms with E-state index in [-0.39, 0.29) is 0 Å². The molecule has 2 aromatic rings. The number of rotatable bonds is 3. The molecule has 0 fully saturated rings. The second-order valence-electron chi connectivity index (χ2n) is 4.95. The average Bonchev–Trinajstić information content (AvgIpc) is 2.78. The molecule has 1 unspecified atom stereocenters. The van der Waals surface area contributed by atoms with Crippen molar-refractivity contribution >= 4 is 23.2 Å². The summed E-state index contributed by atoms with van der Waals surface area (Å²) >= 11 is 12.0. The predicted molar refractivity (Wildman–Crippen MR) is 80.8 cm³/mol. The molecule has 1 atom stereocenters. The lowest BCUT2D eigenvalue weighted by Gasteiger charge is -2.14. The van der Waals surface area contributed by atoms with Gasteiger partial charge in [0.05, 0.1) is 0 Å². The quantitative estimate of drug-likeness (QED) is 0.859. The van der Waals surface area contributed by atoms with Crippen molar-refractivity contribution in [2.45, 2.75) is 25.4 Å². The van der Waals surface area contributed by atoms with Crippen LogP contribution in [0.3, 0.4) is 0 Å². The first kappa shape index (κ1) is 13.0. The molecule has 1 aliphatic rings. The third-order valence-electron chi connectivity index (χ3n) is 3.62. The summed E-state index contributed by atoms with van der Waals surface area (Å²) in [5.41, 5.74) is 3.97. The molecular formula is C16H15Cl2N. The first-order valence-corrected chi connectivity index (χ1v) is 7.24. The van der Waals surface area contributed by atoms with Gasteiger partial charge in [0.2, 0.25) is 0 Å². The summed E-state index contributed by atoms with van der Waals surface area (Å²) in [6, 6.07) is 14.6. The fourth-order valence-corrected chi connectivity index (χ4v) is 3.09. The number of nitrogens with one attached hydrogen (secondary N) is 1. The van der Waals surface area contributed by atoms with Crippen LogP contribution in [0.5, 0.6) is 0 Å². The monoisotopic (exact) mass is 291 g/mol. The van der Waals surface area contributed by atoms with Crippen molar-refractivity contribution in [1.82, 2.24) is 5.32 Å². The second-order valence-corrected chi connectivity index (χ2v) is 5.82. The van der Waals surface area contributed by atoms with E-state index in [0.29, 0.717) is 6.04 Å². The lowest BCUT2D eigenvalue weighted by atomic mass is 10.1. The molecule has 3 heteroatoms. The van der Waals surface area contributed by atoms with Crippen LogP contribution in [0.4, 0.5) is 0 Å². The van der Waals surface area contributed by atoms with Gasteiger partial charge >= 0.3 is 0 Å². The number of hydrogen-bond donors (Lipinski definition) is 1. The van der Waals surface area contributed by atoms with Crippen molar-refractivity contribution in [3.63, 3.8) is 0 Å². The molecule has 0 saturated heterocycles. The van der Waals surface area contributed by atoms with Crippen LogP contribution in [0.1, 0.15) is 29.2 Å². The van der Waals surface area contributed by atoms with Crippen molar-refractivity contribution in [3.8, 4) is 0 Å². The Bertz CT molecular complexity index is 595. The third-order valence-corrected chi connectivity index (χ3v) is 4.09. The van der Waals surface area contributed by atoms with Crippen LogP contribution < -0.4 is 5.32 Å². The van der Waals surface area contributed by atoms with Gasteiger partial charge in [-0.3, -0.25) is 0 Å². The third kappa shape index (κ3) is 2.94. The molecule has 0 radical (unpaired) electrons. The highest BCUT2D eigenvalue weighted by molar-refractivity contribution is 6.30. The smallest absolute Gasteiger partial charge is 0.0409 e. The first-order valence-electron chi connectivity index (χ1n) is 6.48. The van der Waals surface area contributed by atoms with E-state index in [4.69, 9.17) is 23.2 Å². The van der Waals surface area contributed by atoms with Gasteiger partial charge in [-0.1, -0.05) is 41.4 Å². The molecule has 0 saturated carbocycles. The van der Waals surface area contributed by atoms with Gasteiger partial charge in [0.15, 0.2) is 0 Å². The molecule has 1 N–H and O–H groups in total. The highest BCUT2D eigenvalue weighted by atomic mass is 35.5. The van der Waals surface area contributed by atoms with Gasteiger partial charge in [0.1, 0.15) is 0 Å². The maximum absolute atomic E-state index is 6.03. The van der Waals surface area contributed by atoms with Crippen LogP contribution in [0, 0.1) is 0 Å². The summed E-state index contributed by atoms with van der Waals surface area (Å²) in [5, 5.41) is 5.22. The number of halogens is 2. The molecule has 0 spiro atoms. The SMILES string of the molecule is Clc1cccc(CNC2CCc3cc(Cl)ccc32)c1. The van der Waals surface area contributed by atoms with Gasteiger partial charge in [-0.2, -0.15) is 0 Å². The standard InChI is InChI=1S/C16H15Cl2N/c17-13-3-1-2-11(8-13)10-19-16-7-4-12-9-14(18)5-6-15(12)16/h1-3,5-6,8-9,16,19H,4,7,10H2. The zero-order valence-corrected chi connectivity index (χ0v) is 12.0. The van der Waals surface area contributed by atoms with Crippen molar-refractivity contribution in [1.29, 1.82) is 0 Å². The normalized spacial score (nSPS) is 17.5. The molecule has 19 heavy (non-hydrogen) atoms. The first-order chi connectivity index (χ1) is 9.22. The molecular weight excluding hydrogens is 277 g/mol. The van der Waals surface area contributed by atoms with Gasteiger partial charge in [0.25, 0.3) is 0 Å². The van der Waals surface area contributed by atoms with Crippen LogP contribution in [0.2, 0.25) is 10.0 Å². The van der Waals surface area contributed by atoms with Crippen molar-refractivity contribution < 1.29 is 0 Å². The van der Waals surface area contributed by atoms with Gasteiger partial charge in [0, 0.05) is 22.6 Å². The minimum absolute atomic E-state index is 0.422. The summed E-state index contributed by atoms with van der Waals surface area (Å²) in [5.74, 6) is 0. The summed E-state index contributed by atoms with van der Waals surface area (Å²) < 4.78 is 0. The number of hydrogen-bond acceptors (Lipinski definition) is 1. The molecule has 0 bridgehead atoms. The zero-order valence-electron chi connectivity index (χ0n) is 10.5. The topological polar surface area (TPSA) is 12.0 Å². The molecule has 0 amide bonds. The van der Waals surface area contributed by atoms with E-state index in [1.807, 2.05) is 24.3 Å². The fourth-order valence-electron chi connectivity index (χ4n) is 2.69. The van der Waals surface area contributed by atoms with Gasteiger partial charge in [-0.15, -0.1) is 0 Å². The largest absolute Gasteiger partial charge is 0.306 e. The van der Waals surface area contributed by atoms with Crippen molar-refractivity contribution in [3.05, 3.63) is 69.2 Å². The summed E-state index contributed by atoms with van der Waals surface area (Å²) in [6.07, 6.45) is 2.24. The lowest BCUT2D eigenvalue weighted by Crippen LogP contribution is -2.18. The van der Waals surface area contributed by atoms with Crippen LogP contribution in [-0.2, 0) is 13.0 Å². The van der Waals surface area contributed by atoms with Gasteiger partial charge in [-0.25, -0.2) is 0 Å². The predicted octanol–water partition coefficient (Wildman–Crippen LogP) is 4.77. The Kier molecular flexibility index (Phi) is 3.79. The van der Waals surface area contributed by atoms with Gasteiger partial charge < -0.3 is 5.32 Å². The Balaban J connectivity index is 1.70. The van der Waals surface area contributed by atoms with E-state index in [9.17, 15) is 0 Å². The fraction of sp³-hybridized carbons (Fsp3) is 0.250. The minimum Gasteiger partial charge on any atom is -0.306 e. The van der Waals surface area contributed by atoms with Crippen LogP contribution in [0.15, 0.2) is 42.5 Å². The van der Waals surface area contributed by atoms with E-state index in [1.54, 1.807) is 0 Å². The molecule has 0 heterocycles. The van der Waals surface area contributed by atoms with E-state index in [0.717, 1.165) is 29.4 Å². The van der Waals surface area contributed by atoms with E-state index < -0.39 is 0 Å². The Morgan fingerprint density at radius 3 is 2.74 bits per heavy atom. The highest BCUT2D eigenvalue weighted by Gasteiger charge is 2.21. The molecule has 0 aromatic heterocycles. The molecule has 1 nitrogen and oxygen atoms in total. The summed E-state index contributed by atoms with van der Waals surface area (Å²) in [4.78, 5) is 0. The van der Waals surface area contributed by atoms with E-state index in [1.165, 1.54) is 16.7 Å². The van der Waals surface area contributed by atoms with E-state index in [2.05, 4.69) is 23.5 Å². The van der Waals surface area contributed by atoms with Crippen molar-refractivity contribution in [2.75, 3.05) is 0 Å². The van der Waals surface area contributed by atoms with Crippen LogP contribution >= 0.6 is 23.2 Å². The minimum atomic E-state index is 0.422. The molecule has 1 aliphatic carbocycles.